The summed E-state index contributed by atoms with van der Waals surface area (Å²) in [4.78, 5) is 0. The van der Waals surface area contributed by atoms with Crippen LogP contribution in [0.4, 0.5) is 0 Å². The van der Waals surface area contributed by atoms with Crippen LogP contribution in [0.3, 0.4) is 0 Å². The van der Waals surface area contributed by atoms with E-state index < -0.39 is 0 Å². The fourth-order valence-electron chi connectivity index (χ4n) is 2.68. The molecule has 1 aliphatic rings. The van der Waals surface area contributed by atoms with Gasteiger partial charge in [-0.25, -0.2) is 0 Å². The minimum absolute atomic E-state index is 0.824. The summed E-state index contributed by atoms with van der Waals surface area (Å²) in [5.41, 5.74) is 2.67. The van der Waals surface area contributed by atoms with Crippen molar-refractivity contribution < 1.29 is 9.47 Å². The lowest BCUT2D eigenvalue weighted by atomic mass is 10.0. The smallest absolute Gasteiger partial charge is 0.161 e. The molecule has 0 unspecified atom stereocenters. The lowest BCUT2D eigenvalue weighted by Crippen LogP contribution is -2.17. The zero-order chi connectivity index (χ0) is 15.1. The Bertz CT molecular complexity index is 441. The topological polar surface area (TPSA) is 30.5 Å². The predicted octanol–water partition coefficient (Wildman–Crippen LogP) is 3.87. The highest BCUT2D eigenvalue weighted by atomic mass is 16.5. The summed E-state index contributed by atoms with van der Waals surface area (Å²) < 4.78 is 10.7. The summed E-state index contributed by atoms with van der Waals surface area (Å²) in [6.45, 7) is 3.34. The van der Waals surface area contributed by atoms with E-state index in [0.717, 1.165) is 24.0 Å². The van der Waals surface area contributed by atoms with Crippen LogP contribution in [0, 0.1) is 6.92 Å². The monoisotopic (exact) mass is 291 g/mol. The molecule has 1 aromatic rings. The van der Waals surface area contributed by atoms with Gasteiger partial charge >= 0.3 is 0 Å². The van der Waals surface area contributed by atoms with Crippen molar-refractivity contribution in [3.63, 3.8) is 0 Å². The molecule has 0 saturated heterocycles. The number of ether oxygens (including phenoxy) is 2. The van der Waals surface area contributed by atoms with Crippen LogP contribution >= 0.6 is 0 Å². The highest BCUT2D eigenvalue weighted by Gasteiger charge is 2.19. The van der Waals surface area contributed by atoms with Crippen LogP contribution < -0.4 is 14.8 Å². The van der Waals surface area contributed by atoms with Gasteiger partial charge in [0, 0.05) is 6.04 Å². The van der Waals surface area contributed by atoms with E-state index in [0.29, 0.717) is 0 Å². The highest BCUT2D eigenvalue weighted by Crippen LogP contribution is 2.31. The summed E-state index contributed by atoms with van der Waals surface area (Å²) in [7, 11) is 3.39. The van der Waals surface area contributed by atoms with Gasteiger partial charge in [-0.15, -0.1) is 0 Å². The SMILES string of the molecule is COc1cc(C)c(CCCCCCNC2CC2)cc1OC. The molecule has 3 heteroatoms. The molecule has 1 N–H and O–H groups in total. The van der Waals surface area contributed by atoms with Crippen molar-refractivity contribution in [2.24, 2.45) is 0 Å². The number of aryl methyl sites for hydroxylation is 2. The second-order valence-electron chi connectivity index (χ2n) is 6.03. The fraction of sp³-hybridized carbons (Fsp3) is 0.667. The van der Waals surface area contributed by atoms with Crippen LogP contribution in [0.5, 0.6) is 11.5 Å². The Kier molecular flexibility index (Phi) is 6.37. The average Bonchev–Trinajstić information content (AvgIpc) is 3.31. The van der Waals surface area contributed by atoms with Crippen molar-refractivity contribution >= 4 is 0 Å². The molecule has 3 nitrogen and oxygen atoms in total. The van der Waals surface area contributed by atoms with Crippen molar-refractivity contribution in [2.75, 3.05) is 20.8 Å². The second kappa shape index (κ2) is 8.28. The van der Waals surface area contributed by atoms with E-state index in [1.807, 2.05) is 0 Å². The molecular weight excluding hydrogens is 262 g/mol. The molecule has 21 heavy (non-hydrogen) atoms. The van der Waals surface area contributed by atoms with Gasteiger partial charge in [0.05, 0.1) is 14.2 Å². The maximum Gasteiger partial charge on any atom is 0.161 e. The van der Waals surface area contributed by atoms with Crippen molar-refractivity contribution in [1.82, 2.24) is 5.32 Å². The van der Waals surface area contributed by atoms with Crippen LogP contribution in [0.2, 0.25) is 0 Å². The number of rotatable bonds is 10. The van der Waals surface area contributed by atoms with Crippen molar-refractivity contribution in [3.8, 4) is 11.5 Å². The molecule has 1 saturated carbocycles. The first kappa shape index (κ1) is 16.2. The van der Waals surface area contributed by atoms with Gasteiger partial charge in [-0.05, 0) is 68.8 Å². The number of unbranched alkanes of at least 4 members (excludes halogenated alkanes) is 3. The third-order valence-corrected chi connectivity index (χ3v) is 4.23. The normalized spacial score (nSPS) is 14.2. The Morgan fingerprint density at radius 2 is 1.67 bits per heavy atom. The van der Waals surface area contributed by atoms with E-state index in [1.165, 1.54) is 56.2 Å². The molecule has 0 aromatic heterocycles. The first-order valence-corrected chi connectivity index (χ1v) is 8.19. The number of benzene rings is 1. The Morgan fingerprint density at radius 1 is 1.00 bits per heavy atom. The van der Waals surface area contributed by atoms with Gasteiger partial charge in [-0.2, -0.15) is 0 Å². The Labute approximate surface area is 129 Å². The standard InChI is InChI=1S/C18H29NO2/c1-14-12-17(20-2)18(21-3)13-15(14)8-6-4-5-7-11-19-16-9-10-16/h12-13,16,19H,4-11H2,1-3H3. The molecule has 0 aliphatic heterocycles. The maximum atomic E-state index is 5.39. The van der Waals surface area contributed by atoms with E-state index >= 15 is 0 Å². The molecule has 0 atom stereocenters. The predicted molar refractivity (Wildman–Crippen MR) is 87.5 cm³/mol. The molecule has 1 aliphatic carbocycles. The minimum Gasteiger partial charge on any atom is -0.493 e. The van der Waals surface area contributed by atoms with Crippen LogP contribution in [-0.4, -0.2) is 26.8 Å². The summed E-state index contributed by atoms with van der Waals surface area (Å²) in [6, 6.07) is 5.05. The second-order valence-corrected chi connectivity index (χ2v) is 6.03. The number of hydrogen-bond acceptors (Lipinski definition) is 3. The van der Waals surface area contributed by atoms with E-state index in [1.54, 1.807) is 14.2 Å². The van der Waals surface area contributed by atoms with E-state index in [2.05, 4.69) is 24.4 Å². The molecule has 0 radical (unpaired) electrons. The van der Waals surface area contributed by atoms with Gasteiger partial charge in [0.1, 0.15) is 0 Å². The molecule has 118 valence electrons. The van der Waals surface area contributed by atoms with Crippen LogP contribution in [0.25, 0.3) is 0 Å². The zero-order valence-electron chi connectivity index (χ0n) is 13.7. The fourth-order valence-corrected chi connectivity index (χ4v) is 2.68. The lowest BCUT2D eigenvalue weighted by Gasteiger charge is -2.12. The van der Waals surface area contributed by atoms with Crippen molar-refractivity contribution in [3.05, 3.63) is 23.3 Å². The Morgan fingerprint density at radius 3 is 2.33 bits per heavy atom. The molecule has 0 spiro atoms. The number of nitrogens with one attached hydrogen (secondary N) is 1. The third-order valence-electron chi connectivity index (χ3n) is 4.23. The Hall–Kier alpha value is -1.22. The molecule has 0 bridgehead atoms. The molecular formula is C18H29NO2. The molecule has 0 heterocycles. The minimum atomic E-state index is 0.824. The van der Waals surface area contributed by atoms with Gasteiger partial charge in [-0.1, -0.05) is 12.8 Å². The van der Waals surface area contributed by atoms with Gasteiger partial charge in [0.25, 0.3) is 0 Å². The van der Waals surface area contributed by atoms with Gasteiger partial charge in [0.2, 0.25) is 0 Å². The number of methoxy groups -OCH3 is 2. The average molecular weight is 291 g/mol. The molecule has 1 aromatic carbocycles. The maximum absolute atomic E-state index is 5.39. The van der Waals surface area contributed by atoms with Crippen LogP contribution in [0.1, 0.15) is 49.7 Å². The van der Waals surface area contributed by atoms with Gasteiger partial charge in [0.15, 0.2) is 11.5 Å². The summed E-state index contributed by atoms with van der Waals surface area (Å²) in [6.07, 6.45) is 9.09. The van der Waals surface area contributed by atoms with Crippen LogP contribution in [-0.2, 0) is 6.42 Å². The van der Waals surface area contributed by atoms with E-state index in [-0.39, 0.29) is 0 Å². The van der Waals surface area contributed by atoms with Gasteiger partial charge < -0.3 is 14.8 Å². The van der Waals surface area contributed by atoms with E-state index in [4.69, 9.17) is 9.47 Å². The van der Waals surface area contributed by atoms with Crippen molar-refractivity contribution in [2.45, 2.75) is 57.9 Å². The van der Waals surface area contributed by atoms with E-state index in [9.17, 15) is 0 Å². The van der Waals surface area contributed by atoms with Gasteiger partial charge in [-0.3, -0.25) is 0 Å². The largest absolute Gasteiger partial charge is 0.493 e. The third kappa shape index (κ3) is 5.24. The highest BCUT2D eigenvalue weighted by molar-refractivity contribution is 5.47. The van der Waals surface area contributed by atoms with Crippen LogP contribution in [0.15, 0.2) is 12.1 Å². The summed E-state index contributed by atoms with van der Waals surface area (Å²) in [5.74, 6) is 1.66. The summed E-state index contributed by atoms with van der Waals surface area (Å²) >= 11 is 0. The quantitative estimate of drug-likeness (QED) is 0.664. The van der Waals surface area contributed by atoms with Crippen molar-refractivity contribution in [1.29, 1.82) is 0 Å². The summed E-state index contributed by atoms with van der Waals surface area (Å²) in [5, 5.41) is 3.57. The lowest BCUT2D eigenvalue weighted by molar-refractivity contribution is 0.354. The first-order chi connectivity index (χ1) is 10.2. The molecule has 1 fully saturated rings. The molecule has 0 amide bonds. The molecule has 2 rings (SSSR count). The Balaban J connectivity index is 1.69. The zero-order valence-corrected chi connectivity index (χ0v) is 13.7. The first-order valence-electron chi connectivity index (χ1n) is 8.19. The number of hydrogen-bond donors (Lipinski definition) is 1.